The molecule has 1 atom stereocenters. The molecule has 0 radical (unpaired) electrons. The van der Waals surface area contributed by atoms with Gasteiger partial charge in [-0.3, -0.25) is 4.90 Å². The van der Waals surface area contributed by atoms with E-state index in [1.54, 1.807) is 0 Å². The lowest BCUT2D eigenvalue weighted by atomic mass is 9.96. The third-order valence-corrected chi connectivity index (χ3v) is 4.51. The van der Waals surface area contributed by atoms with Crippen LogP contribution in [0.2, 0.25) is 0 Å². The largest absolute Gasteiger partial charge is 0.367 e. The van der Waals surface area contributed by atoms with Gasteiger partial charge in [-0.2, -0.15) is 0 Å². The van der Waals surface area contributed by atoms with Crippen LogP contribution in [0.4, 0.5) is 5.82 Å². The zero-order valence-corrected chi connectivity index (χ0v) is 12.6. The van der Waals surface area contributed by atoms with E-state index in [4.69, 9.17) is 0 Å². The highest BCUT2D eigenvalue weighted by Crippen LogP contribution is 2.31. The summed E-state index contributed by atoms with van der Waals surface area (Å²) in [7, 11) is 0. The molecule has 1 aliphatic heterocycles. The van der Waals surface area contributed by atoms with Gasteiger partial charge in [0, 0.05) is 18.3 Å². The molecule has 1 aromatic heterocycles. The first-order chi connectivity index (χ1) is 9.86. The Balaban J connectivity index is 1.65. The fourth-order valence-electron chi connectivity index (χ4n) is 3.12. The number of nitrogens with one attached hydrogen (secondary N) is 1. The molecule has 1 N–H and O–H groups in total. The third-order valence-electron chi connectivity index (χ3n) is 4.51. The molecule has 20 heavy (non-hydrogen) atoms. The molecule has 1 saturated carbocycles. The molecule has 0 aromatic carbocycles. The molecule has 0 unspecified atom stereocenters. The standard InChI is InChI=1S/C17H27N3/c1-2-3-11-20-12-5-4-6-16(20)14-7-10-17(18-13-14)19-15-8-9-15/h7,10,13,15-16H,2-6,8-9,11-12H2,1H3,(H,18,19)/t16-/m1/s1. The third kappa shape index (κ3) is 3.51. The van der Waals surface area contributed by atoms with Gasteiger partial charge in [0.15, 0.2) is 0 Å². The van der Waals surface area contributed by atoms with Crippen molar-refractivity contribution in [1.82, 2.24) is 9.88 Å². The van der Waals surface area contributed by atoms with E-state index in [2.05, 4.69) is 40.5 Å². The Kier molecular flexibility index (Phi) is 4.56. The average molecular weight is 273 g/mol. The second-order valence-electron chi connectivity index (χ2n) is 6.30. The highest BCUT2D eigenvalue weighted by molar-refractivity contribution is 5.38. The molecule has 3 rings (SSSR count). The van der Waals surface area contributed by atoms with E-state index in [1.165, 1.54) is 63.6 Å². The molecule has 3 heteroatoms. The van der Waals surface area contributed by atoms with E-state index in [-0.39, 0.29) is 0 Å². The van der Waals surface area contributed by atoms with E-state index >= 15 is 0 Å². The highest BCUT2D eigenvalue weighted by Gasteiger charge is 2.24. The van der Waals surface area contributed by atoms with Crippen molar-refractivity contribution in [1.29, 1.82) is 0 Å². The van der Waals surface area contributed by atoms with E-state index in [1.807, 2.05) is 0 Å². The number of aromatic nitrogens is 1. The first-order valence-corrected chi connectivity index (χ1v) is 8.33. The number of nitrogens with zero attached hydrogens (tertiary/aromatic N) is 2. The summed E-state index contributed by atoms with van der Waals surface area (Å²) in [5.41, 5.74) is 1.40. The smallest absolute Gasteiger partial charge is 0.126 e. The number of hydrogen-bond donors (Lipinski definition) is 1. The van der Waals surface area contributed by atoms with Crippen molar-refractivity contribution in [3.8, 4) is 0 Å². The van der Waals surface area contributed by atoms with Gasteiger partial charge in [-0.25, -0.2) is 4.98 Å². The molecule has 3 nitrogen and oxygen atoms in total. The minimum absolute atomic E-state index is 0.595. The lowest BCUT2D eigenvalue weighted by molar-refractivity contribution is 0.146. The molecular weight excluding hydrogens is 246 g/mol. The first-order valence-electron chi connectivity index (χ1n) is 8.33. The summed E-state index contributed by atoms with van der Waals surface area (Å²) >= 11 is 0. The first kappa shape index (κ1) is 13.9. The maximum atomic E-state index is 4.61. The molecule has 2 aliphatic rings. The van der Waals surface area contributed by atoms with Gasteiger partial charge in [-0.15, -0.1) is 0 Å². The molecule has 0 spiro atoms. The fourth-order valence-corrected chi connectivity index (χ4v) is 3.12. The molecule has 1 aliphatic carbocycles. The highest BCUT2D eigenvalue weighted by atomic mass is 15.2. The van der Waals surface area contributed by atoms with Crippen molar-refractivity contribution in [2.24, 2.45) is 0 Å². The van der Waals surface area contributed by atoms with Gasteiger partial charge in [-0.1, -0.05) is 25.8 Å². The Hall–Kier alpha value is -1.09. The van der Waals surface area contributed by atoms with Crippen molar-refractivity contribution < 1.29 is 0 Å². The van der Waals surface area contributed by atoms with E-state index < -0.39 is 0 Å². The summed E-state index contributed by atoms with van der Waals surface area (Å²) in [5.74, 6) is 1.05. The summed E-state index contributed by atoms with van der Waals surface area (Å²) in [4.78, 5) is 7.28. The predicted octanol–water partition coefficient (Wildman–Crippen LogP) is 3.98. The van der Waals surface area contributed by atoms with Crippen LogP contribution in [0.15, 0.2) is 18.3 Å². The average Bonchev–Trinajstić information content (AvgIpc) is 3.30. The van der Waals surface area contributed by atoms with Crippen LogP contribution in [0.3, 0.4) is 0 Å². The van der Waals surface area contributed by atoms with Crippen molar-refractivity contribution >= 4 is 5.82 Å². The monoisotopic (exact) mass is 273 g/mol. The number of pyridine rings is 1. The number of unbranched alkanes of at least 4 members (excludes halogenated alkanes) is 1. The quantitative estimate of drug-likeness (QED) is 0.849. The van der Waals surface area contributed by atoms with Gasteiger partial charge < -0.3 is 5.32 Å². The van der Waals surface area contributed by atoms with Gasteiger partial charge in [0.25, 0.3) is 0 Å². The number of likely N-dealkylation sites (tertiary alicyclic amines) is 1. The van der Waals surface area contributed by atoms with Gasteiger partial charge in [0.1, 0.15) is 5.82 Å². The molecule has 2 heterocycles. The number of rotatable bonds is 6. The van der Waals surface area contributed by atoms with Crippen molar-refractivity contribution in [2.45, 2.75) is 64.0 Å². The van der Waals surface area contributed by atoms with Crippen LogP contribution in [-0.2, 0) is 0 Å². The minimum atomic E-state index is 0.595. The summed E-state index contributed by atoms with van der Waals surface area (Å²) in [6, 6.07) is 5.73. The molecule has 0 bridgehead atoms. The van der Waals surface area contributed by atoms with Crippen LogP contribution in [0, 0.1) is 0 Å². The van der Waals surface area contributed by atoms with Crippen LogP contribution in [-0.4, -0.2) is 29.0 Å². The van der Waals surface area contributed by atoms with Crippen LogP contribution in [0.5, 0.6) is 0 Å². The van der Waals surface area contributed by atoms with Gasteiger partial charge in [0.05, 0.1) is 0 Å². The Morgan fingerprint density at radius 3 is 2.85 bits per heavy atom. The molecule has 2 fully saturated rings. The summed E-state index contributed by atoms with van der Waals surface area (Å²) in [6.07, 6.45) is 11.3. The lowest BCUT2D eigenvalue weighted by Crippen LogP contribution is -2.34. The number of anilines is 1. The summed E-state index contributed by atoms with van der Waals surface area (Å²) < 4.78 is 0. The topological polar surface area (TPSA) is 28.2 Å². The molecular formula is C17H27N3. The lowest BCUT2D eigenvalue weighted by Gasteiger charge is -2.36. The molecule has 0 amide bonds. The van der Waals surface area contributed by atoms with Gasteiger partial charge in [-0.05, 0) is 56.8 Å². The zero-order valence-electron chi connectivity index (χ0n) is 12.6. The Morgan fingerprint density at radius 1 is 1.25 bits per heavy atom. The second kappa shape index (κ2) is 6.57. The number of piperidine rings is 1. The summed E-state index contributed by atoms with van der Waals surface area (Å²) in [6.45, 7) is 4.77. The molecule has 1 saturated heterocycles. The van der Waals surface area contributed by atoms with Crippen molar-refractivity contribution in [3.63, 3.8) is 0 Å². The normalized spacial score (nSPS) is 23.8. The predicted molar refractivity (Wildman–Crippen MR) is 84.0 cm³/mol. The maximum absolute atomic E-state index is 4.61. The molecule has 110 valence electrons. The van der Waals surface area contributed by atoms with Crippen molar-refractivity contribution in [3.05, 3.63) is 23.9 Å². The van der Waals surface area contributed by atoms with E-state index in [0.29, 0.717) is 12.1 Å². The Labute approximate surface area is 122 Å². The minimum Gasteiger partial charge on any atom is -0.367 e. The second-order valence-corrected chi connectivity index (χ2v) is 6.30. The summed E-state index contributed by atoms with van der Waals surface area (Å²) in [5, 5.41) is 3.47. The SMILES string of the molecule is CCCCN1CCCC[C@@H]1c1ccc(NC2CC2)nc1. The van der Waals surface area contributed by atoms with Crippen LogP contribution in [0.25, 0.3) is 0 Å². The number of hydrogen-bond acceptors (Lipinski definition) is 3. The van der Waals surface area contributed by atoms with Crippen LogP contribution < -0.4 is 5.32 Å². The van der Waals surface area contributed by atoms with E-state index in [0.717, 1.165) is 5.82 Å². The van der Waals surface area contributed by atoms with Gasteiger partial charge >= 0.3 is 0 Å². The van der Waals surface area contributed by atoms with Crippen LogP contribution >= 0.6 is 0 Å². The zero-order chi connectivity index (χ0) is 13.8. The fraction of sp³-hybridized carbons (Fsp3) is 0.706. The van der Waals surface area contributed by atoms with Crippen LogP contribution in [0.1, 0.15) is 63.5 Å². The maximum Gasteiger partial charge on any atom is 0.126 e. The van der Waals surface area contributed by atoms with Crippen molar-refractivity contribution in [2.75, 3.05) is 18.4 Å². The molecule has 1 aromatic rings. The Bertz CT molecular complexity index is 411. The van der Waals surface area contributed by atoms with Gasteiger partial charge in [0.2, 0.25) is 0 Å². The van der Waals surface area contributed by atoms with E-state index in [9.17, 15) is 0 Å². The Morgan fingerprint density at radius 2 is 2.15 bits per heavy atom.